The Hall–Kier alpha value is -2.88. The van der Waals surface area contributed by atoms with E-state index in [1.165, 1.54) is 11.1 Å². The quantitative estimate of drug-likeness (QED) is 0.668. The van der Waals surface area contributed by atoms with Gasteiger partial charge in [0.05, 0.1) is 17.4 Å². The van der Waals surface area contributed by atoms with E-state index in [1.807, 2.05) is 32.9 Å². The van der Waals surface area contributed by atoms with Gasteiger partial charge >= 0.3 is 0 Å². The minimum absolute atomic E-state index is 0.0224. The number of aromatic nitrogens is 2. The number of aryl methyl sites for hydroxylation is 2. The Balaban J connectivity index is 1.96. The average Bonchev–Trinajstić information content (AvgIpc) is 3.04. The molecule has 1 amide bonds. The predicted molar refractivity (Wildman–Crippen MR) is 108 cm³/mol. The zero-order valence-electron chi connectivity index (χ0n) is 16.0. The van der Waals surface area contributed by atoms with Gasteiger partial charge in [0.25, 0.3) is 0 Å². The lowest BCUT2D eigenvalue weighted by atomic mass is 9.94. The van der Waals surface area contributed by atoms with Gasteiger partial charge in [-0.05, 0) is 80.6 Å². The van der Waals surface area contributed by atoms with Crippen LogP contribution in [0.15, 0.2) is 42.2 Å². The molecule has 0 aliphatic heterocycles. The number of imidazole rings is 1. The lowest BCUT2D eigenvalue weighted by Crippen LogP contribution is -2.30. The zero-order chi connectivity index (χ0) is 18.8. The highest BCUT2D eigenvalue weighted by Crippen LogP contribution is 2.29. The zero-order valence-corrected chi connectivity index (χ0v) is 16.0. The van der Waals surface area contributed by atoms with Gasteiger partial charge in [0.1, 0.15) is 0 Å². The van der Waals surface area contributed by atoms with Crippen molar-refractivity contribution in [1.29, 1.82) is 0 Å². The molecule has 0 radical (unpaired) electrons. The Kier molecular flexibility index (Phi) is 4.94. The molecule has 0 fully saturated rings. The highest BCUT2D eigenvalue weighted by atomic mass is 16.1. The minimum atomic E-state index is -0.0224. The van der Waals surface area contributed by atoms with Crippen molar-refractivity contribution in [1.82, 2.24) is 15.3 Å². The van der Waals surface area contributed by atoms with Crippen molar-refractivity contribution >= 4 is 23.0 Å². The molecule has 0 aliphatic carbocycles. The van der Waals surface area contributed by atoms with E-state index in [9.17, 15) is 4.79 Å². The summed E-state index contributed by atoms with van der Waals surface area (Å²) in [6.07, 6.45) is 3.67. The number of nitrogens with one attached hydrogen (secondary N) is 2. The number of H-pyrrole nitrogens is 1. The topological polar surface area (TPSA) is 57.8 Å². The Morgan fingerprint density at radius 1 is 1.15 bits per heavy atom. The Labute approximate surface area is 154 Å². The van der Waals surface area contributed by atoms with Crippen molar-refractivity contribution in [2.24, 2.45) is 0 Å². The third-order valence-corrected chi connectivity index (χ3v) is 4.49. The van der Waals surface area contributed by atoms with Crippen molar-refractivity contribution in [2.75, 3.05) is 0 Å². The molecule has 26 heavy (non-hydrogen) atoms. The fourth-order valence-corrected chi connectivity index (χ4v) is 3.08. The summed E-state index contributed by atoms with van der Waals surface area (Å²) in [4.78, 5) is 19.6. The number of hydrogen-bond donors (Lipinski definition) is 2. The molecular formula is C22H25N3O. The summed E-state index contributed by atoms with van der Waals surface area (Å²) in [5.74, 6) is -0.0224. The lowest BCUT2D eigenvalue weighted by Gasteiger charge is -2.12. The number of aromatic amines is 1. The van der Waals surface area contributed by atoms with Crippen LogP contribution in [-0.4, -0.2) is 21.9 Å². The molecule has 134 valence electrons. The van der Waals surface area contributed by atoms with Crippen LogP contribution in [0.3, 0.4) is 0 Å². The normalized spacial score (nSPS) is 12.0. The second-order valence-corrected chi connectivity index (χ2v) is 7.11. The van der Waals surface area contributed by atoms with Gasteiger partial charge in [0, 0.05) is 11.6 Å². The summed E-state index contributed by atoms with van der Waals surface area (Å²) in [5.41, 5.74) is 8.47. The molecule has 0 saturated carbocycles. The van der Waals surface area contributed by atoms with E-state index in [0.717, 1.165) is 27.7 Å². The Morgan fingerprint density at radius 2 is 1.92 bits per heavy atom. The lowest BCUT2D eigenvalue weighted by molar-refractivity contribution is -0.117. The molecule has 3 aromatic rings. The summed E-state index contributed by atoms with van der Waals surface area (Å²) < 4.78 is 0. The molecule has 4 heteroatoms. The predicted octanol–water partition coefficient (Wildman–Crippen LogP) is 4.77. The number of rotatable bonds is 4. The van der Waals surface area contributed by atoms with Gasteiger partial charge in [-0.25, -0.2) is 4.98 Å². The van der Waals surface area contributed by atoms with E-state index in [2.05, 4.69) is 53.4 Å². The second-order valence-electron chi connectivity index (χ2n) is 7.11. The van der Waals surface area contributed by atoms with Gasteiger partial charge in [-0.2, -0.15) is 0 Å². The third-order valence-electron chi connectivity index (χ3n) is 4.49. The van der Waals surface area contributed by atoms with Crippen LogP contribution < -0.4 is 5.32 Å². The molecule has 0 spiro atoms. The highest BCUT2D eigenvalue weighted by Gasteiger charge is 2.10. The fourth-order valence-electron chi connectivity index (χ4n) is 3.08. The van der Waals surface area contributed by atoms with Crippen LogP contribution in [0, 0.1) is 13.8 Å². The smallest absolute Gasteiger partial charge is 0.247 e. The van der Waals surface area contributed by atoms with Crippen LogP contribution in [0.2, 0.25) is 0 Å². The van der Waals surface area contributed by atoms with Crippen molar-refractivity contribution in [3.8, 4) is 11.1 Å². The second kappa shape index (κ2) is 7.16. The van der Waals surface area contributed by atoms with Gasteiger partial charge in [-0.1, -0.05) is 18.2 Å². The fraction of sp³-hybridized carbons (Fsp3) is 0.273. The number of nitrogens with zero attached hydrogens (tertiary/aromatic N) is 1. The van der Waals surface area contributed by atoms with E-state index >= 15 is 0 Å². The molecule has 3 rings (SSSR count). The summed E-state index contributed by atoms with van der Waals surface area (Å²) in [5, 5.41) is 2.93. The largest absolute Gasteiger partial charge is 0.350 e. The Bertz CT molecular complexity index is 996. The molecular weight excluding hydrogens is 322 g/mol. The van der Waals surface area contributed by atoms with Crippen LogP contribution in [0.1, 0.15) is 37.5 Å². The maximum atomic E-state index is 12.2. The van der Waals surface area contributed by atoms with Crippen molar-refractivity contribution in [3.63, 3.8) is 0 Å². The van der Waals surface area contributed by atoms with E-state index < -0.39 is 0 Å². The van der Waals surface area contributed by atoms with E-state index in [-0.39, 0.29) is 11.9 Å². The van der Waals surface area contributed by atoms with Crippen LogP contribution >= 0.6 is 0 Å². The first-order valence-electron chi connectivity index (χ1n) is 8.89. The number of benzene rings is 2. The summed E-state index contributed by atoms with van der Waals surface area (Å²) >= 11 is 0. The van der Waals surface area contributed by atoms with Crippen LogP contribution in [0.4, 0.5) is 0 Å². The first-order valence-corrected chi connectivity index (χ1v) is 8.89. The van der Waals surface area contributed by atoms with Crippen molar-refractivity contribution < 1.29 is 4.79 Å². The van der Waals surface area contributed by atoms with E-state index in [4.69, 9.17) is 0 Å². The standard InChI is InChI=1S/C22H25N3O/c1-13(2)25-22(26)16(5)9-18-8-15(4)19(10-14(18)3)17-6-7-20-21(11-17)24-12-23-20/h6-13H,1-5H3,(H,23,24)(H,25,26)/b16-9+. The highest BCUT2D eigenvalue weighted by molar-refractivity contribution is 5.97. The molecule has 0 atom stereocenters. The maximum Gasteiger partial charge on any atom is 0.247 e. The van der Waals surface area contributed by atoms with Gasteiger partial charge in [0.15, 0.2) is 0 Å². The Morgan fingerprint density at radius 3 is 2.65 bits per heavy atom. The van der Waals surface area contributed by atoms with Gasteiger partial charge in [0.2, 0.25) is 5.91 Å². The van der Waals surface area contributed by atoms with E-state index in [0.29, 0.717) is 5.57 Å². The van der Waals surface area contributed by atoms with Crippen molar-refractivity contribution in [3.05, 3.63) is 58.9 Å². The first-order chi connectivity index (χ1) is 12.3. The van der Waals surface area contributed by atoms with Crippen LogP contribution in [0.25, 0.3) is 28.2 Å². The number of amides is 1. The summed E-state index contributed by atoms with van der Waals surface area (Å²) in [7, 11) is 0. The monoisotopic (exact) mass is 347 g/mol. The molecule has 2 N–H and O–H groups in total. The molecule has 0 saturated heterocycles. The summed E-state index contributed by atoms with van der Waals surface area (Å²) in [6, 6.07) is 10.7. The van der Waals surface area contributed by atoms with Gasteiger partial charge < -0.3 is 10.3 Å². The molecule has 1 heterocycles. The first kappa shape index (κ1) is 17.9. The maximum absolute atomic E-state index is 12.2. The van der Waals surface area contributed by atoms with E-state index in [1.54, 1.807) is 6.33 Å². The molecule has 0 unspecified atom stereocenters. The van der Waals surface area contributed by atoms with Gasteiger partial charge in [-0.3, -0.25) is 4.79 Å². The number of fused-ring (bicyclic) bond motifs is 1. The number of hydrogen-bond acceptors (Lipinski definition) is 2. The number of carbonyl (C=O) groups excluding carboxylic acids is 1. The molecule has 0 bridgehead atoms. The van der Waals surface area contributed by atoms with Crippen LogP contribution in [-0.2, 0) is 4.79 Å². The molecule has 0 aliphatic rings. The van der Waals surface area contributed by atoms with Crippen molar-refractivity contribution in [2.45, 2.75) is 40.7 Å². The summed E-state index contributed by atoms with van der Waals surface area (Å²) in [6.45, 7) is 9.97. The minimum Gasteiger partial charge on any atom is -0.350 e. The van der Waals surface area contributed by atoms with Crippen LogP contribution in [0.5, 0.6) is 0 Å². The van der Waals surface area contributed by atoms with Gasteiger partial charge in [-0.15, -0.1) is 0 Å². The number of carbonyl (C=O) groups is 1. The molecule has 1 aromatic heterocycles. The average molecular weight is 347 g/mol. The molecule has 2 aromatic carbocycles. The third kappa shape index (κ3) is 3.69. The SMILES string of the molecule is C/C(=C\c1cc(C)c(-c2ccc3nc[nH]c3c2)cc1C)C(=O)NC(C)C. The molecule has 4 nitrogen and oxygen atoms in total.